The summed E-state index contributed by atoms with van der Waals surface area (Å²) in [5.74, 6) is -0.882. The minimum absolute atomic E-state index is 0.0713. The second kappa shape index (κ2) is 5.07. The van der Waals surface area contributed by atoms with Gasteiger partial charge in [-0.15, -0.1) is 0 Å². The Balaban J connectivity index is 2.31. The van der Waals surface area contributed by atoms with E-state index in [0.29, 0.717) is 21.6 Å². The molecule has 2 aromatic carbocycles. The Morgan fingerprint density at radius 3 is 2.62 bits per heavy atom. The quantitative estimate of drug-likeness (QED) is 0.781. The molecule has 0 unspecified atom stereocenters. The summed E-state index contributed by atoms with van der Waals surface area (Å²) in [5.41, 5.74) is 0.499. The number of aromatic carboxylic acids is 1. The molecule has 1 heterocycles. The Labute approximate surface area is 124 Å². The van der Waals surface area contributed by atoms with Gasteiger partial charge in [-0.25, -0.2) is 4.79 Å². The van der Waals surface area contributed by atoms with Gasteiger partial charge >= 0.3 is 5.97 Å². The fraction of sp³-hybridized carbons (Fsp3) is 0. The van der Waals surface area contributed by atoms with E-state index in [1.54, 1.807) is 30.3 Å². The van der Waals surface area contributed by atoms with Crippen LogP contribution in [-0.2, 0) is 0 Å². The zero-order valence-electron chi connectivity index (χ0n) is 10.7. The van der Waals surface area contributed by atoms with Gasteiger partial charge in [0.25, 0.3) is 0 Å². The number of hydrogen-bond acceptors (Lipinski definition) is 3. The highest BCUT2D eigenvalue weighted by Gasteiger charge is 2.14. The van der Waals surface area contributed by atoms with Crippen LogP contribution in [0.25, 0.3) is 22.3 Å². The molecule has 0 aliphatic heterocycles. The molecule has 0 radical (unpaired) electrons. The third kappa shape index (κ3) is 2.41. The van der Waals surface area contributed by atoms with E-state index in [2.05, 4.69) is 0 Å². The zero-order chi connectivity index (χ0) is 15.0. The molecule has 5 heteroatoms. The van der Waals surface area contributed by atoms with E-state index in [-0.39, 0.29) is 16.8 Å². The van der Waals surface area contributed by atoms with Crippen LogP contribution >= 0.6 is 11.6 Å². The summed E-state index contributed by atoms with van der Waals surface area (Å²) in [5, 5.41) is 10.1. The molecular formula is C16H9ClO4. The maximum absolute atomic E-state index is 12.1. The molecule has 4 nitrogen and oxygen atoms in total. The van der Waals surface area contributed by atoms with Crippen LogP contribution in [-0.4, -0.2) is 11.1 Å². The van der Waals surface area contributed by atoms with Crippen molar-refractivity contribution in [1.82, 2.24) is 0 Å². The summed E-state index contributed by atoms with van der Waals surface area (Å²) < 4.78 is 5.65. The lowest BCUT2D eigenvalue weighted by Gasteiger charge is -2.06. The smallest absolute Gasteiger partial charge is 0.336 e. The SMILES string of the molecule is O=C(O)c1ccccc1-c1cc(=O)c2ccc(Cl)cc2o1. The zero-order valence-corrected chi connectivity index (χ0v) is 11.4. The van der Waals surface area contributed by atoms with Gasteiger partial charge in [0.15, 0.2) is 5.43 Å². The molecule has 1 aromatic heterocycles. The van der Waals surface area contributed by atoms with Crippen LogP contribution in [0.15, 0.2) is 57.7 Å². The first-order valence-corrected chi connectivity index (χ1v) is 6.50. The van der Waals surface area contributed by atoms with E-state index in [1.165, 1.54) is 18.2 Å². The van der Waals surface area contributed by atoms with Crippen LogP contribution < -0.4 is 5.43 Å². The summed E-state index contributed by atoms with van der Waals surface area (Å²) in [7, 11) is 0. The minimum Gasteiger partial charge on any atom is -0.478 e. The van der Waals surface area contributed by atoms with Crippen LogP contribution in [0, 0.1) is 0 Å². The summed E-state index contributed by atoms with van der Waals surface area (Å²) in [6.07, 6.45) is 0. The Kier molecular flexibility index (Phi) is 3.23. The lowest BCUT2D eigenvalue weighted by atomic mass is 10.0. The minimum atomic E-state index is -1.08. The number of hydrogen-bond donors (Lipinski definition) is 1. The maximum Gasteiger partial charge on any atom is 0.336 e. The number of carbonyl (C=O) groups is 1. The summed E-state index contributed by atoms with van der Waals surface area (Å²) in [6, 6.07) is 12.4. The molecule has 0 bridgehead atoms. The number of rotatable bonds is 2. The first kappa shape index (κ1) is 13.4. The summed E-state index contributed by atoms with van der Waals surface area (Å²) >= 11 is 5.89. The van der Waals surface area contributed by atoms with Crippen LogP contribution in [0.3, 0.4) is 0 Å². The lowest BCUT2D eigenvalue weighted by Crippen LogP contribution is -2.03. The van der Waals surface area contributed by atoms with Crippen LogP contribution in [0.1, 0.15) is 10.4 Å². The van der Waals surface area contributed by atoms with Crippen molar-refractivity contribution >= 4 is 28.5 Å². The molecule has 0 aliphatic rings. The highest BCUT2D eigenvalue weighted by atomic mass is 35.5. The van der Waals surface area contributed by atoms with E-state index in [9.17, 15) is 14.7 Å². The van der Waals surface area contributed by atoms with Gasteiger partial charge in [-0.05, 0) is 18.2 Å². The largest absolute Gasteiger partial charge is 0.478 e. The fourth-order valence-corrected chi connectivity index (χ4v) is 2.31. The molecule has 3 rings (SSSR count). The Hall–Kier alpha value is -2.59. The number of fused-ring (bicyclic) bond motifs is 1. The molecule has 0 amide bonds. The fourth-order valence-electron chi connectivity index (χ4n) is 2.15. The third-order valence-electron chi connectivity index (χ3n) is 3.11. The monoisotopic (exact) mass is 300 g/mol. The van der Waals surface area contributed by atoms with Crippen molar-refractivity contribution in [3.05, 3.63) is 69.3 Å². The van der Waals surface area contributed by atoms with E-state index in [4.69, 9.17) is 16.0 Å². The average molecular weight is 301 g/mol. The van der Waals surface area contributed by atoms with Crippen LogP contribution in [0.4, 0.5) is 0 Å². The lowest BCUT2D eigenvalue weighted by molar-refractivity contribution is 0.0697. The van der Waals surface area contributed by atoms with Gasteiger partial charge in [0.1, 0.15) is 11.3 Å². The second-order valence-corrected chi connectivity index (χ2v) is 4.90. The molecule has 0 fully saturated rings. The summed E-state index contributed by atoms with van der Waals surface area (Å²) in [6.45, 7) is 0. The van der Waals surface area contributed by atoms with Gasteiger partial charge < -0.3 is 9.52 Å². The highest BCUT2D eigenvalue weighted by Crippen LogP contribution is 2.26. The van der Waals surface area contributed by atoms with Crippen molar-refractivity contribution in [3.63, 3.8) is 0 Å². The van der Waals surface area contributed by atoms with Gasteiger partial charge in [-0.1, -0.05) is 29.8 Å². The first-order valence-electron chi connectivity index (χ1n) is 6.12. The molecule has 1 N–H and O–H groups in total. The number of carboxylic acid groups (broad SMARTS) is 1. The average Bonchev–Trinajstić information content (AvgIpc) is 2.46. The predicted octanol–water partition coefficient (Wildman–Crippen LogP) is 3.81. The predicted molar refractivity (Wildman–Crippen MR) is 79.9 cm³/mol. The molecule has 3 aromatic rings. The molecule has 21 heavy (non-hydrogen) atoms. The van der Waals surface area contributed by atoms with E-state index < -0.39 is 5.97 Å². The molecule has 0 saturated heterocycles. The normalized spacial score (nSPS) is 10.7. The van der Waals surface area contributed by atoms with Crippen molar-refractivity contribution in [2.24, 2.45) is 0 Å². The van der Waals surface area contributed by atoms with E-state index >= 15 is 0 Å². The van der Waals surface area contributed by atoms with Gasteiger partial charge in [-0.2, -0.15) is 0 Å². The van der Waals surface area contributed by atoms with Crippen LogP contribution in [0.5, 0.6) is 0 Å². The standard InChI is InChI=1S/C16H9ClO4/c17-9-5-6-12-13(18)8-15(21-14(12)7-9)10-3-1-2-4-11(10)16(19)20/h1-8H,(H,19,20). The van der Waals surface area contributed by atoms with Crippen molar-refractivity contribution in [2.75, 3.05) is 0 Å². The number of carboxylic acids is 1. The van der Waals surface area contributed by atoms with E-state index in [0.717, 1.165) is 0 Å². The molecule has 104 valence electrons. The van der Waals surface area contributed by atoms with Crippen molar-refractivity contribution in [3.8, 4) is 11.3 Å². The van der Waals surface area contributed by atoms with Crippen molar-refractivity contribution in [2.45, 2.75) is 0 Å². The van der Waals surface area contributed by atoms with Crippen molar-refractivity contribution < 1.29 is 14.3 Å². The summed E-state index contributed by atoms with van der Waals surface area (Å²) in [4.78, 5) is 23.4. The Bertz CT molecular complexity index is 912. The highest BCUT2D eigenvalue weighted by molar-refractivity contribution is 6.31. The third-order valence-corrected chi connectivity index (χ3v) is 3.35. The van der Waals surface area contributed by atoms with Gasteiger partial charge in [0, 0.05) is 22.7 Å². The molecule has 0 spiro atoms. The topological polar surface area (TPSA) is 67.5 Å². The maximum atomic E-state index is 12.1. The second-order valence-electron chi connectivity index (χ2n) is 4.47. The van der Waals surface area contributed by atoms with Gasteiger partial charge in [0.05, 0.1) is 10.9 Å². The van der Waals surface area contributed by atoms with Crippen molar-refractivity contribution in [1.29, 1.82) is 0 Å². The number of benzene rings is 2. The first-order chi connectivity index (χ1) is 10.1. The molecule has 0 aliphatic carbocycles. The molecule has 0 atom stereocenters. The van der Waals surface area contributed by atoms with Gasteiger partial charge in [-0.3, -0.25) is 4.79 Å². The Morgan fingerprint density at radius 2 is 1.86 bits per heavy atom. The Morgan fingerprint density at radius 1 is 1.10 bits per heavy atom. The van der Waals surface area contributed by atoms with Crippen LogP contribution in [0.2, 0.25) is 5.02 Å². The molecular weight excluding hydrogens is 292 g/mol. The molecule has 0 saturated carbocycles. The number of halogens is 1. The van der Waals surface area contributed by atoms with E-state index in [1.807, 2.05) is 0 Å². The van der Waals surface area contributed by atoms with Gasteiger partial charge in [0.2, 0.25) is 0 Å².